The number of esters is 1. The van der Waals surface area contributed by atoms with Crippen molar-refractivity contribution in [2.24, 2.45) is 17.6 Å². The van der Waals surface area contributed by atoms with E-state index < -0.39 is 28.7 Å². The molecule has 6 aliphatic rings. The Morgan fingerprint density at radius 3 is 2.90 bits per heavy atom. The molecule has 5 N–H and O–H groups in total. The van der Waals surface area contributed by atoms with E-state index in [1.54, 1.807) is 46.7 Å². The number of hydrogen-bond donors (Lipinski definition) is 4. The second-order valence-electron chi connectivity index (χ2n) is 14.7. The molecule has 8 rings (SSSR count). The van der Waals surface area contributed by atoms with E-state index in [0.29, 0.717) is 60.3 Å². The molecule has 0 bridgehead atoms. The van der Waals surface area contributed by atoms with Crippen LogP contribution in [0.3, 0.4) is 0 Å². The summed E-state index contributed by atoms with van der Waals surface area (Å²) in [6.07, 6.45) is 11.4. The van der Waals surface area contributed by atoms with Gasteiger partial charge >= 0.3 is 11.6 Å². The van der Waals surface area contributed by atoms with Gasteiger partial charge < -0.3 is 40.3 Å². The van der Waals surface area contributed by atoms with Gasteiger partial charge in [0.05, 0.1) is 29.5 Å². The Morgan fingerprint density at radius 2 is 2.12 bits per heavy atom. The maximum atomic E-state index is 14.3. The Labute approximate surface area is 310 Å². The number of dihydropyridines is 1. The molecular weight excluding hydrogens is 701 g/mol. The number of nitrogens with one attached hydrogen (secondary N) is 2. The molecule has 2 aromatic rings. The number of aliphatic hydroxyl groups excluding tert-OH is 1. The van der Waals surface area contributed by atoms with E-state index >= 15 is 0 Å². The van der Waals surface area contributed by atoms with Crippen LogP contribution in [0.15, 0.2) is 92.0 Å². The Balaban J connectivity index is 1.29. The minimum absolute atomic E-state index is 0.0777. The summed E-state index contributed by atoms with van der Waals surface area (Å²) >= 11 is 0. The number of ether oxygens (including phenoxy) is 2. The third kappa shape index (κ3) is 5.71. The summed E-state index contributed by atoms with van der Waals surface area (Å²) in [4.78, 5) is 42.4. The molecule has 274 valence electrons. The molecule has 5 heterocycles. The first kappa shape index (κ1) is 35.1. The Hall–Kier alpha value is -3.91. The standard InChI is InChI=1S/C39H44N4O7S2/c1-4-21(10-12-44)37(47)50-38(2)11-9-23-20-51-52-31-7-6-28(41-3)27-19-43(36(27)31)33(45)14-25-18-42-32(40)15-26(25)35(23)39(38)17-24-13-22-5-8-34(46)48-29(22)16-30(24)49-39/h4-9,13,15-16,27-28,31,35-36,41-42,44H,10-12,14,17-20,40H2,1-3H3. The first-order valence-electron chi connectivity index (χ1n) is 17.9. The van der Waals surface area contributed by atoms with E-state index in [-0.39, 0.29) is 42.7 Å². The Morgan fingerprint density at radius 1 is 1.27 bits per heavy atom. The van der Waals surface area contributed by atoms with Crippen molar-refractivity contribution in [1.82, 2.24) is 15.5 Å². The van der Waals surface area contributed by atoms with Crippen molar-refractivity contribution in [3.05, 3.63) is 98.7 Å². The van der Waals surface area contributed by atoms with Crippen LogP contribution in [-0.4, -0.2) is 82.9 Å². The second kappa shape index (κ2) is 13.5. The number of hydrogen-bond acceptors (Lipinski definition) is 12. The molecule has 1 spiro atoms. The number of fused-ring (bicyclic) bond motifs is 5. The largest absolute Gasteiger partial charge is 0.481 e. The van der Waals surface area contributed by atoms with Crippen LogP contribution in [0.2, 0.25) is 0 Å². The van der Waals surface area contributed by atoms with Gasteiger partial charge in [0.1, 0.15) is 11.3 Å². The number of rotatable bonds is 5. The van der Waals surface area contributed by atoms with Crippen LogP contribution in [0.4, 0.5) is 0 Å². The quantitative estimate of drug-likeness (QED) is 0.115. The van der Waals surface area contributed by atoms with Crippen molar-refractivity contribution in [1.29, 1.82) is 0 Å². The number of aliphatic hydroxyl groups is 1. The highest BCUT2D eigenvalue weighted by Gasteiger charge is 2.64. The van der Waals surface area contributed by atoms with E-state index in [4.69, 9.17) is 19.6 Å². The molecule has 0 saturated carbocycles. The van der Waals surface area contributed by atoms with Crippen molar-refractivity contribution in [2.45, 2.75) is 68.1 Å². The molecule has 7 atom stereocenters. The van der Waals surface area contributed by atoms with Crippen molar-refractivity contribution in [2.75, 3.05) is 32.5 Å². The zero-order valence-electron chi connectivity index (χ0n) is 29.5. The van der Waals surface area contributed by atoms with Gasteiger partial charge in [0.2, 0.25) is 5.91 Å². The van der Waals surface area contributed by atoms with Crippen molar-refractivity contribution in [3.63, 3.8) is 0 Å². The third-order valence-electron chi connectivity index (χ3n) is 11.8. The molecule has 11 nitrogen and oxygen atoms in total. The van der Waals surface area contributed by atoms with Crippen LogP contribution in [0.25, 0.3) is 11.0 Å². The maximum absolute atomic E-state index is 14.3. The summed E-state index contributed by atoms with van der Waals surface area (Å²) in [5, 5.41) is 17.3. The lowest BCUT2D eigenvalue weighted by molar-refractivity contribution is -0.186. The van der Waals surface area contributed by atoms with Crippen LogP contribution >= 0.6 is 21.6 Å². The number of carbonyl (C=O) groups is 2. The van der Waals surface area contributed by atoms with E-state index in [1.165, 1.54) is 6.07 Å². The molecule has 1 saturated heterocycles. The average Bonchev–Trinajstić information content (AvgIpc) is 3.47. The maximum Gasteiger partial charge on any atom is 0.336 e. The van der Waals surface area contributed by atoms with Crippen molar-refractivity contribution < 1.29 is 28.6 Å². The molecule has 4 aliphatic heterocycles. The van der Waals surface area contributed by atoms with E-state index in [2.05, 4.69) is 28.9 Å². The second-order valence-corrected chi connectivity index (χ2v) is 17.2. The predicted molar refractivity (Wildman–Crippen MR) is 202 cm³/mol. The van der Waals surface area contributed by atoms with Crippen molar-refractivity contribution >= 4 is 44.4 Å². The number of nitrogens with two attached hydrogens (primary N) is 1. The van der Waals surface area contributed by atoms with E-state index in [9.17, 15) is 19.5 Å². The first-order chi connectivity index (χ1) is 25.1. The van der Waals surface area contributed by atoms with Gasteiger partial charge in [-0.1, -0.05) is 51.5 Å². The van der Waals surface area contributed by atoms with Gasteiger partial charge in [-0.15, -0.1) is 0 Å². The fourth-order valence-corrected chi connectivity index (χ4v) is 11.9. The van der Waals surface area contributed by atoms with Crippen LogP contribution < -0.4 is 26.7 Å². The Kier molecular flexibility index (Phi) is 9.12. The molecule has 7 unspecified atom stereocenters. The van der Waals surface area contributed by atoms with Crippen LogP contribution in [0.5, 0.6) is 5.75 Å². The van der Waals surface area contributed by atoms with Gasteiger partial charge in [-0.05, 0) is 55.8 Å². The van der Waals surface area contributed by atoms with Gasteiger partial charge in [-0.2, -0.15) is 0 Å². The summed E-state index contributed by atoms with van der Waals surface area (Å²) in [6.45, 7) is 4.58. The summed E-state index contributed by atoms with van der Waals surface area (Å²) in [6, 6.07) is 7.21. The van der Waals surface area contributed by atoms with Gasteiger partial charge in [0.15, 0.2) is 11.2 Å². The van der Waals surface area contributed by atoms with Crippen LogP contribution in [0.1, 0.15) is 38.7 Å². The molecule has 1 fully saturated rings. The normalized spacial score (nSPS) is 32.5. The highest BCUT2D eigenvalue weighted by atomic mass is 33.1. The number of carbonyl (C=O) groups excluding carboxylic acids is 2. The molecule has 2 aliphatic carbocycles. The van der Waals surface area contributed by atoms with Crippen LogP contribution in [-0.2, 0) is 20.7 Å². The van der Waals surface area contributed by atoms with Gasteiger partial charge in [0.25, 0.3) is 0 Å². The number of benzene rings is 1. The molecule has 52 heavy (non-hydrogen) atoms. The molecule has 1 aromatic carbocycles. The van der Waals surface area contributed by atoms with Crippen LogP contribution in [0, 0.1) is 11.8 Å². The average molecular weight is 745 g/mol. The smallest absolute Gasteiger partial charge is 0.336 e. The van der Waals surface area contributed by atoms with E-state index in [0.717, 1.165) is 27.7 Å². The molecule has 0 radical (unpaired) electrons. The zero-order valence-corrected chi connectivity index (χ0v) is 31.1. The highest BCUT2D eigenvalue weighted by Crippen LogP contribution is 2.58. The zero-order chi connectivity index (χ0) is 36.4. The van der Waals surface area contributed by atoms with E-state index in [1.807, 2.05) is 31.0 Å². The SMILES string of the molecule is CC=C(CCO)C(=O)OC1(C)CC=C2CSSC3C=CC(NC)C4CN(C(=O)CC5=C(C=C(N)NC5)C2C12Cc1cc5ccc(=O)oc5cc1O2)C34. The topological polar surface area (TPSA) is 156 Å². The molecule has 13 heteroatoms. The molecule has 1 aromatic heterocycles. The summed E-state index contributed by atoms with van der Waals surface area (Å²) in [5.41, 5.74) is 8.29. The van der Waals surface area contributed by atoms with Gasteiger partial charge in [-0.25, -0.2) is 9.59 Å². The Bertz CT molecular complexity index is 2050. The minimum Gasteiger partial charge on any atom is -0.481 e. The summed E-state index contributed by atoms with van der Waals surface area (Å²) in [7, 11) is 5.54. The summed E-state index contributed by atoms with van der Waals surface area (Å²) < 4.78 is 19.4. The number of nitrogens with zero attached hydrogens (tertiary/aromatic N) is 1. The first-order valence-corrected chi connectivity index (χ1v) is 20.3. The fraction of sp³-hybridized carbons (Fsp3) is 0.462. The number of likely N-dealkylation sites (N-methyl/N-ethyl adjacent to an activating group) is 1. The molecule has 1 amide bonds. The highest BCUT2D eigenvalue weighted by molar-refractivity contribution is 8.77. The number of amides is 1. The lowest BCUT2D eigenvalue weighted by Crippen LogP contribution is -2.68. The van der Waals surface area contributed by atoms with Crippen molar-refractivity contribution in [3.8, 4) is 5.75 Å². The minimum atomic E-state index is -1.21. The lowest BCUT2D eigenvalue weighted by Gasteiger charge is -2.55. The third-order valence-corrected chi connectivity index (χ3v) is 14.5. The molecular formula is C39H44N4O7S2. The monoisotopic (exact) mass is 744 g/mol. The number of allylic oxidation sites excluding steroid dienone is 2. The fourth-order valence-electron chi connectivity index (χ4n) is 9.04. The predicted octanol–water partition coefficient (Wildman–Crippen LogP) is 3.88. The lowest BCUT2D eigenvalue weighted by atomic mass is 9.61. The summed E-state index contributed by atoms with van der Waals surface area (Å²) in [5.74, 6) is 1.16. The van der Waals surface area contributed by atoms with Gasteiger partial charge in [0, 0.05) is 79.8 Å². The van der Waals surface area contributed by atoms with Gasteiger partial charge in [-0.3, -0.25) is 4.79 Å².